The second-order valence-corrected chi connectivity index (χ2v) is 9.03. The molecule has 0 spiro atoms. The van der Waals surface area contributed by atoms with Crippen LogP contribution in [0.4, 0.5) is 17.1 Å². The molecule has 0 heterocycles. The summed E-state index contributed by atoms with van der Waals surface area (Å²) in [5, 5.41) is 5.87. The molecule has 2 N–H and O–H groups in total. The fraction of sp³-hybridized carbons (Fsp3) is 0.156. The number of aryl methyl sites for hydroxylation is 1. The Morgan fingerprint density at radius 2 is 1.24 bits per heavy atom. The van der Waals surface area contributed by atoms with Gasteiger partial charge in [-0.3, -0.25) is 14.6 Å². The van der Waals surface area contributed by atoms with Crippen molar-refractivity contribution >= 4 is 34.6 Å². The quantitative estimate of drug-likeness (QED) is 0.249. The Morgan fingerprint density at radius 3 is 1.84 bits per heavy atom. The lowest BCUT2D eigenvalue weighted by molar-refractivity contribution is 0.101. The van der Waals surface area contributed by atoms with Crippen LogP contribution in [0.5, 0.6) is 0 Å². The average Bonchev–Trinajstić information content (AvgIpc) is 2.93. The summed E-state index contributed by atoms with van der Waals surface area (Å²) in [6.07, 6.45) is 0.930. The monoisotopic (exact) mass is 489 g/mol. The highest BCUT2D eigenvalue weighted by molar-refractivity contribution is 6.07. The number of nitrogens with one attached hydrogen (secondary N) is 2. The predicted molar refractivity (Wildman–Crippen MR) is 152 cm³/mol. The second kappa shape index (κ2) is 12.0. The van der Waals surface area contributed by atoms with Crippen molar-refractivity contribution in [2.75, 3.05) is 10.6 Å². The first-order valence-electron chi connectivity index (χ1n) is 12.5. The fourth-order valence-corrected chi connectivity index (χ4v) is 3.95. The van der Waals surface area contributed by atoms with E-state index in [2.05, 4.69) is 24.5 Å². The summed E-state index contributed by atoms with van der Waals surface area (Å²) in [7, 11) is 0. The molecular weight excluding hydrogens is 458 g/mol. The zero-order valence-electron chi connectivity index (χ0n) is 21.4. The van der Waals surface area contributed by atoms with Crippen molar-refractivity contribution in [3.8, 4) is 0 Å². The van der Waals surface area contributed by atoms with Crippen molar-refractivity contribution < 1.29 is 9.59 Å². The third-order valence-electron chi connectivity index (χ3n) is 6.29. The summed E-state index contributed by atoms with van der Waals surface area (Å²) < 4.78 is 0. The Labute approximate surface area is 218 Å². The molecule has 0 aliphatic rings. The second-order valence-electron chi connectivity index (χ2n) is 9.03. The van der Waals surface area contributed by atoms with Crippen LogP contribution >= 0.6 is 0 Å². The first kappa shape index (κ1) is 25.6. The van der Waals surface area contributed by atoms with Gasteiger partial charge in [0.05, 0.1) is 11.4 Å². The van der Waals surface area contributed by atoms with Crippen LogP contribution in [0, 0.1) is 12.8 Å². The number of carbonyl (C=O) groups is 2. The van der Waals surface area contributed by atoms with E-state index in [1.165, 1.54) is 0 Å². The molecule has 5 heteroatoms. The molecule has 0 aliphatic carbocycles. The topological polar surface area (TPSA) is 70.6 Å². The Bertz CT molecular complexity index is 1400. The summed E-state index contributed by atoms with van der Waals surface area (Å²) in [6, 6.07) is 31.9. The van der Waals surface area contributed by atoms with Gasteiger partial charge in [-0.25, -0.2) is 0 Å². The van der Waals surface area contributed by atoms with Crippen molar-refractivity contribution in [2.45, 2.75) is 27.2 Å². The molecule has 186 valence electrons. The number of amides is 2. The highest BCUT2D eigenvalue weighted by Gasteiger charge is 2.14. The van der Waals surface area contributed by atoms with Crippen LogP contribution in [0.3, 0.4) is 0 Å². The van der Waals surface area contributed by atoms with E-state index in [0.717, 1.165) is 40.3 Å². The zero-order chi connectivity index (χ0) is 26.2. The van der Waals surface area contributed by atoms with E-state index in [0.29, 0.717) is 11.1 Å². The molecule has 4 rings (SSSR count). The number of hydrogen-bond acceptors (Lipinski definition) is 3. The van der Waals surface area contributed by atoms with Crippen LogP contribution in [-0.2, 0) is 0 Å². The molecule has 2 amide bonds. The molecule has 0 bridgehead atoms. The van der Waals surface area contributed by atoms with E-state index in [9.17, 15) is 9.59 Å². The Balaban J connectivity index is 1.54. The zero-order valence-corrected chi connectivity index (χ0v) is 21.4. The highest BCUT2D eigenvalue weighted by Crippen LogP contribution is 2.26. The maximum atomic E-state index is 12.6. The molecule has 0 saturated carbocycles. The molecule has 0 fully saturated rings. The first-order valence-corrected chi connectivity index (χ1v) is 12.5. The van der Waals surface area contributed by atoms with Crippen molar-refractivity contribution in [3.63, 3.8) is 0 Å². The van der Waals surface area contributed by atoms with Crippen LogP contribution in [0.1, 0.15) is 52.1 Å². The summed E-state index contributed by atoms with van der Waals surface area (Å²) >= 11 is 0. The number of aliphatic imine (C=N–C) groups is 1. The van der Waals surface area contributed by atoms with Crippen molar-refractivity contribution in [3.05, 3.63) is 125 Å². The van der Waals surface area contributed by atoms with E-state index >= 15 is 0 Å². The Morgan fingerprint density at radius 1 is 0.703 bits per heavy atom. The van der Waals surface area contributed by atoms with Gasteiger partial charge < -0.3 is 10.6 Å². The number of benzene rings is 4. The number of para-hydroxylation sites is 1. The van der Waals surface area contributed by atoms with E-state index in [-0.39, 0.29) is 17.7 Å². The third kappa shape index (κ3) is 6.58. The number of nitrogens with zero attached hydrogens (tertiary/aromatic N) is 1. The van der Waals surface area contributed by atoms with E-state index < -0.39 is 0 Å². The van der Waals surface area contributed by atoms with Crippen LogP contribution in [0.25, 0.3) is 0 Å². The molecule has 4 aromatic carbocycles. The summed E-state index contributed by atoms with van der Waals surface area (Å²) in [6.45, 7) is 6.28. The van der Waals surface area contributed by atoms with Crippen LogP contribution in [0.15, 0.2) is 108 Å². The van der Waals surface area contributed by atoms with Gasteiger partial charge in [0, 0.05) is 22.5 Å². The molecule has 1 unspecified atom stereocenters. The third-order valence-corrected chi connectivity index (χ3v) is 6.29. The molecule has 0 aliphatic heterocycles. The molecule has 0 aromatic heterocycles. The van der Waals surface area contributed by atoms with Gasteiger partial charge in [0.15, 0.2) is 0 Å². The average molecular weight is 490 g/mol. The number of anilines is 2. The highest BCUT2D eigenvalue weighted by atomic mass is 16.2. The Hall–Kier alpha value is -4.51. The smallest absolute Gasteiger partial charge is 0.255 e. The minimum absolute atomic E-state index is 0.145. The molecule has 4 aromatic rings. The number of carbonyl (C=O) groups excluding carboxylic acids is 2. The van der Waals surface area contributed by atoms with Gasteiger partial charge in [-0.05, 0) is 85.0 Å². The van der Waals surface area contributed by atoms with Crippen molar-refractivity contribution in [1.29, 1.82) is 0 Å². The molecule has 1 atom stereocenters. The van der Waals surface area contributed by atoms with Gasteiger partial charge in [-0.1, -0.05) is 62.4 Å². The first-order chi connectivity index (χ1) is 17.9. The maximum Gasteiger partial charge on any atom is 0.255 e. The van der Waals surface area contributed by atoms with Gasteiger partial charge in [0.2, 0.25) is 0 Å². The predicted octanol–water partition coefficient (Wildman–Crippen LogP) is 7.67. The van der Waals surface area contributed by atoms with Crippen molar-refractivity contribution in [1.82, 2.24) is 0 Å². The van der Waals surface area contributed by atoms with Gasteiger partial charge in [0.25, 0.3) is 11.8 Å². The molecule has 0 saturated heterocycles. The lowest BCUT2D eigenvalue weighted by Gasteiger charge is -2.15. The summed E-state index contributed by atoms with van der Waals surface area (Å²) in [4.78, 5) is 30.2. The molecular formula is C32H31N3O2. The minimum atomic E-state index is -0.149. The van der Waals surface area contributed by atoms with E-state index in [4.69, 9.17) is 4.99 Å². The largest absolute Gasteiger partial charge is 0.322 e. The molecule has 37 heavy (non-hydrogen) atoms. The fourth-order valence-electron chi connectivity index (χ4n) is 3.95. The lowest BCUT2D eigenvalue weighted by atomic mass is 9.95. The van der Waals surface area contributed by atoms with Crippen LogP contribution in [-0.4, -0.2) is 17.5 Å². The maximum absolute atomic E-state index is 12.6. The van der Waals surface area contributed by atoms with Gasteiger partial charge in [-0.15, -0.1) is 0 Å². The van der Waals surface area contributed by atoms with E-state index in [1.54, 1.807) is 12.1 Å². The number of hydrogen-bond donors (Lipinski definition) is 2. The van der Waals surface area contributed by atoms with Gasteiger partial charge in [0.1, 0.15) is 0 Å². The SMILES string of the molecule is CCC(C)C(=Nc1ccc(NC(=O)c2ccccc2)cc1C)c1ccc(C(=O)Nc2ccccc2)cc1. The van der Waals surface area contributed by atoms with Crippen LogP contribution in [0.2, 0.25) is 0 Å². The Kier molecular flexibility index (Phi) is 8.26. The minimum Gasteiger partial charge on any atom is -0.322 e. The number of rotatable bonds is 8. The van der Waals surface area contributed by atoms with Crippen LogP contribution < -0.4 is 10.6 Å². The van der Waals surface area contributed by atoms with Crippen molar-refractivity contribution in [2.24, 2.45) is 10.9 Å². The summed E-state index contributed by atoms with van der Waals surface area (Å²) in [5.74, 6) is -0.0717. The van der Waals surface area contributed by atoms with E-state index in [1.807, 2.05) is 97.9 Å². The molecule has 5 nitrogen and oxygen atoms in total. The van der Waals surface area contributed by atoms with Gasteiger partial charge >= 0.3 is 0 Å². The standard InChI is InChI=1S/C32H31N3O2/c1-4-22(2)30(24-15-17-26(18-16-24)32(37)33-27-13-9-6-10-14-27)35-29-20-19-28(21-23(29)3)34-31(36)25-11-7-5-8-12-25/h5-22H,4H2,1-3H3,(H,33,37)(H,34,36). The normalized spacial score (nSPS) is 12.0. The summed E-state index contributed by atoms with van der Waals surface area (Å²) in [5.41, 5.74) is 6.44. The van der Waals surface area contributed by atoms with Gasteiger partial charge in [-0.2, -0.15) is 0 Å². The lowest BCUT2D eigenvalue weighted by Crippen LogP contribution is -2.14. The molecule has 0 radical (unpaired) electrons.